The van der Waals surface area contributed by atoms with E-state index >= 15 is 0 Å². The molecule has 388 valence electrons. The third-order valence-electron chi connectivity index (χ3n) is 11.5. The number of hydrogen-bond acceptors (Lipinski definition) is 16. The number of aliphatic hydroxyl groups is 1. The molecule has 26 heteroatoms. The summed E-state index contributed by atoms with van der Waals surface area (Å²) in [7, 11) is 2.05. The average Bonchev–Trinajstić information content (AvgIpc) is 3.84. The Balaban J connectivity index is 1.71. The van der Waals surface area contributed by atoms with Gasteiger partial charge in [-0.25, -0.2) is 0 Å². The van der Waals surface area contributed by atoms with Crippen molar-refractivity contribution in [3.63, 3.8) is 0 Å². The molecule has 0 unspecified atom stereocenters. The SMILES string of the molecule is CC(C)[C@@H]1NC(=O)[C@H](CC(=O)O)NC(=O)[C@H](CCCN)NC(=O)[C@@H](N)CSSC[C@@H](C(=O)N[C@@H](Cc2cccnc2)C(N)=O)NC(=O)[C@H](Cc2ccc(CO)cc2)NC(=O)[C@@H]2CCCN2C(=O)CNC1=O. The molecule has 0 aliphatic carbocycles. The zero-order valence-corrected chi connectivity index (χ0v) is 41.1. The number of pyridine rings is 1. The molecule has 15 N–H and O–H groups in total. The number of aromatic nitrogens is 1. The number of carbonyl (C=O) groups is 10. The highest BCUT2D eigenvalue weighted by Gasteiger charge is 2.38. The second-order valence-electron chi connectivity index (χ2n) is 17.3. The highest BCUT2D eigenvalue weighted by molar-refractivity contribution is 8.76. The van der Waals surface area contributed by atoms with Crippen molar-refractivity contribution < 1.29 is 58.2 Å². The Hall–Kier alpha value is -6.35. The lowest BCUT2D eigenvalue weighted by atomic mass is 10.0. The number of nitrogens with two attached hydrogens (primary N) is 3. The number of primary amides is 1. The number of aliphatic carboxylic acids is 1. The number of nitrogens with zero attached hydrogens (tertiary/aromatic N) is 2. The van der Waals surface area contributed by atoms with Crippen LogP contribution in [0.25, 0.3) is 0 Å². The number of rotatable bonds is 14. The van der Waals surface area contributed by atoms with Gasteiger partial charge in [0.25, 0.3) is 0 Å². The van der Waals surface area contributed by atoms with Gasteiger partial charge in [0.15, 0.2) is 0 Å². The second kappa shape index (κ2) is 28.5. The molecule has 0 spiro atoms. The summed E-state index contributed by atoms with van der Waals surface area (Å²) in [6.07, 6.45) is 2.69. The van der Waals surface area contributed by atoms with E-state index in [9.17, 15) is 58.2 Å². The number of benzene rings is 1. The molecular weight excluding hydrogens is 965 g/mol. The average molecular weight is 1030 g/mol. The predicted molar refractivity (Wildman–Crippen MR) is 261 cm³/mol. The second-order valence-corrected chi connectivity index (χ2v) is 19.9. The van der Waals surface area contributed by atoms with Gasteiger partial charge in [0.2, 0.25) is 53.2 Å². The van der Waals surface area contributed by atoms with E-state index < -0.39 is 126 Å². The summed E-state index contributed by atoms with van der Waals surface area (Å²) >= 11 is 0. The largest absolute Gasteiger partial charge is 0.481 e. The van der Waals surface area contributed by atoms with Gasteiger partial charge in [-0.3, -0.25) is 52.9 Å². The minimum Gasteiger partial charge on any atom is -0.481 e. The van der Waals surface area contributed by atoms with Crippen molar-refractivity contribution in [3.05, 3.63) is 65.5 Å². The van der Waals surface area contributed by atoms with Gasteiger partial charge in [-0.2, -0.15) is 0 Å². The summed E-state index contributed by atoms with van der Waals surface area (Å²) in [6, 6.07) is -0.927. The van der Waals surface area contributed by atoms with Crippen LogP contribution in [0.15, 0.2) is 48.8 Å². The van der Waals surface area contributed by atoms with E-state index in [2.05, 4.69) is 42.2 Å². The number of aliphatic hydroxyl groups excluding tert-OH is 1. The van der Waals surface area contributed by atoms with Crippen molar-refractivity contribution in [1.29, 1.82) is 0 Å². The molecule has 2 aliphatic heterocycles. The topological polar surface area (TPSA) is 390 Å². The van der Waals surface area contributed by atoms with E-state index in [0.717, 1.165) is 21.6 Å². The quantitative estimate of drug-likeness (QED) is 0.0815. The molecule has 2 saturated heterocycles. The van der Waals surface area contributed by atoms with Gasteiger partial charge in [-0.05, 0) is 60.9 Å². The number of carboxylic acids is 1. The fraction of sp³-hybridized carbons (Fsp3) is 0.533. The summed E-state index contributed by atoms with van der Waals surface area (Å²) in [4.78, 5) is 140. The smallest absolute Gasteiger partial charge is 0.305 e. The third-order valence-corrected chi connectivity index (χ3v) is 14.0. The molecule has 2 aliphatic rings. The molecule has 71 heavy (non-hydrogen) atoms. The minimum atomic E-state index is -1.72. The molecule has 4 rings (SSSR count). The van der Waals surface area contributed by atoms with E-state index in [1.807, 2.05) is 0 Å². The summed E-state index contributed by atoms with van der Waals surface area (Å²) in [5.41, 5.74) is 19.4. The zero-order chi connectivity index (χ0) is 52.2. The van der Waals surface area contributed by atoms with Gasteiger partial charge in [0, 0.05) is 43.3 Å². The van der Waals surface area contributed by atoms with E-state index in [0.29, 0.717) is 23.1 Å². The summed E-state index contributed by atoms with van der Waals surface area (Å²) < 4.78 is 0. The molecular formula is C45H64N12O12S2. The Bertz CT molecular complexity index is 2210. The molecule has 3 heterocycles. The number of carboxylic acid groups (broad SMARTS) is 1. The highest BCUT2D eigenvalue weighted by atomic mass is 33.1. The zero-order valence-electron chi connectivity index (χ0n) is 39.4. The first-order chi connectivity index (χ1) is 33.8. The van der Waals surface area contributed by atoms with Crippen molar-refractivity contribution in [2.45, 2.75) is 114 Å². The number of nitrogens with one attached hydrogen (secondary N) is 7. The fourth-order valence-electron chi connectivity index (χ4n) is 7.54. The molecule has 0 saturated carbocycles. The van der Waals surface area contributed by atoms with Gasteiger partial charge in [-0.15, -0.1) is 0 Å². The maximum Gasteiger partial charge on any atom is 0.305 e. The monoisotopic (exact) mass is 1030 g/mol. The van der Waals surface area contributed by atoms with Crippen LogP contribution in [0.2, 0.25) is 0 Å². The number of fused-ring (bicyclic) bond motifs is 1. The standard InChI is InChI=1S/C45H64N12O12S2/c1-24(2)37-45(69)50-20-35(59)57-15-5-8-34(57)44(68)54-31(16-25-9-11-26(21-58)12-10-25)41(65)55-33(43(67)52-30(38(48)62)17-27-6-4-14-49-19-27)23-71-70-22-28(47)39(63)51-29(7-3-13-46)40(64)53-32(18-36(60)61)42(66)56-37/h4,6,9-12,14,19,24,28-34,37,58H,3,5,7-8,13,15-18,20-23,46-47H2,1-2H3,(H2,48,62)(H,50,69)(H,51,63)(H,52,67)(H,53,64)(H,54,68)(H,55,65)(H,56,66)(H,60,61)/t28-,29-,30-,31-,32-,33-,34-,37-/m0/s1. The molecule has 1 aromatic carbocycles. The molecule has 0 radical (unpaired) electrons. The van der Waals surface area contributed by atoms with Crippen molar-refractivity contribution in [3.8, 4) is 0 Å². The Morgan fingerprint density at radius 2 is 1.48 bits per heavy atom. The lowest BCUT2D eigenvalue weighted by molar-refractivity contribution is -0.142. The molecule has 2 aromatic rings. The first-order valence-electron chi connectivity index (χ1n) is 23.0. The Morgan fingerprint density at radius 1 is 0.831 bits per heavy atom. The number of hydrogen-bond donors (Lipinski definition) is 12. The molecule has 8 atom stereocenters. The fourth-order valence-corrected chi connectivity index (χ4v) is 9.83. The Kier molecular flexibility index (Phi) is 23.0. The first-order valence-corrected chi connectivity index (χ1v) is 25.5. The summed E-state index contributed by atoms with van der Waals surface area (Å²) in [6.45, 7) is 2.50. The van der Waals surface area contributed by atoms with Crippen LogP contribution in [-0.2, 0) is 67.4 Å². The van der Waals surface area contributed by atoms with Crippen LogP contribution < -0.4 is 54.4 Å². The Morgan fingerprint density at radius 3 is 2.11 bits per heavy atom. The molecule has 2 fully saturated rings. The number of amides is 9. The van der Waals surface area contributed by atoms with Crippen LogP contribution in [0.5, 0.6) is 0 Å². The molecule has 0 bridgehead atoms. The van der Waals surface area contributed by atoms with Crippen LogP contribution in [0.1, 0.15) is 62.6 Å². The lowest BCUT2D eigenvalue weighted by Gasteiger charge is -2.29. The van der Waals surface area contributed by atoms with E-state index in [-0.39, 0.29) is 63.3 Å². The van der Waals surface area contributed by atoms with E-state index in [1.54, 1.807) is 50.2 Å². The summed E-state index contributed by atoms with van der Waals surface area (Å²) in [5, 5.41) is 37.2. The highest BCUT2D eigenvalue weighted by Crippen LogP contribution is 2.24. The third kappa shape index (κ3) is 18.1. The van der Waals surface area contributed by atoms with Gasteiger partial charge in [0.1, 0.15) is 42.3 Å². The molecule has 1 aromatic heterocycles. The molecule has 9 amide bonds. The van der Waals surface area contributed by atoms with Crippen LogP contribution in [0.3, 0.4) is 0 Å². The van der Waals surface area contributed by atoms with E-state index in [4.69, 9.17) is 17.2 Å². The normalized spacial score (nSPS) is 24.3. The maximum absolute atomic E-state index is 14.4. The van der Waals surface area contributed by atoms with Gasteiger partial charge in [-0.1, -0.05) is 65.8 Å². The van der Waals surface area contributed by atoms with Crippen molar-refractivity contribution in [1.82, 2.24) is 47.1 Å². The lowest BCUT2D eigenvalue weighted by Crippen LogP contribution is -2.60. The predicted octanol–water partition coefficient (Wildman–Crippen LogP) is -3.55. The maximum atomic E-state index is 14.4. The summed E-state index contributed by atoms with van der Waals surface area (Å²) in [5.74, 6) is -9.94. The van der Waals surface area contributed by atoms with Crippen molar-refractivity contribution in [2.75, 3.05) is 31.1 Å². The van der Waals surface area contributed by atoms with Crippen LogP contribution in [0, 0.1) is 5.92 Å². The van der Waals surface area contributed by atoms with Gasteiger partial charge < -0.3 is 69.5 Å². The van der Waals surface area contributed by atoms with Crippen LogP contribution in [0.4, 0.5) is 0 Å². The van der Waals surface area contributed by atoms with Crippen LogP contribution in [-0.4, -0.2) is 159 Å². The van der Waals surface area contributed by atoms with Crippen molar-refractivity contribution in [2.24, 2.45) is 23.1 Å². The van der Waals surface area contributed by atoms with Gasteiger partial charge >= 0.3 is 5.97 Å². The van der Waals surface area contributed by atoms with Crippen molar-refractivity contribution >= 4 is 80.7 Å². The molecule has 24 nitrogen and oxygen atoms in total. The van der Waals surface area contributed by atoms with Gasteiger partial charge in [0.05, 0.1) is 25.6 Å². The number of carbonyl (C=O) groups excluding carboxylic acids is 9. The van der Waals surface area contributed by atoms with E-state index in [1.165, 1.54) is 17.3 Å². The van der Waals surface area contributed by atoms with Crippen LogP contribution >= 0.6 is 21.6 Å². The Labute approximate surface area is 418 Å². The first kappa shape index (κ1) is 57.2. The minimum absolute atomic E-state index is 0.0357.